The van der Waals surface area contributed by atoms with Gasteiger partial charge < -0.3 is 24.8 Å². The van der Waals surface area contributed by atoms with E-state index in [9.17, 15) is 4.79 Å². The average molecular weight is 386 g/mol. The van der Waals surface area contributed by atoms with Crippen molar-refractivity contribution in [3.63, 3.8) is 0 Å². The molecule has 3 rings (SSSR count). The molecular formula is C20H26N4O4. The molecule has 1 aliphatic heterocycles. The molecule has 1 atom stereocenters. The summed E-state index contributed by atoms with van der Waals surface area (Å²) >= 11 is 0. The molecule has 2 N–H and O–H groups in total. The van der Waals surface area contributed by atoms with Crippen molar-refractivity contribution in [3.05, 3.63) is 41.6 Å². The van der Waals surface area contributed by atoms with Crippen molar-refractivity contribution in [2.75, 3.05) is 39.2 Å². The highest BCUT2D eigenvalue weighted by atomic mass is 16.5. The monoisotopic (exact) mass is 386 g/mol. The summed E-state index contributed by atoms with van der Waals surface area (Å²) in [7, 11) is 3.23. The zero-order valence-electron chi connectivity index (χ0n) is 16.2. The maximum atomic E-state index is 12.1. The second-order valence-corrected chi connectivity index (χ2v) is 6.51. The first-order valence-corrected chi connectivity index (χ1v) is 9.38. The minimum atomic E-state index is -0.236. The zero-order valence-corrected chi connectivity index (χ0v) is 16.2. The summed E-state index contributed by atoms with van der Waals surface area (Å²) in [5.41, 5.74) is 1.41. The highest BCUT2D eigenvalue weighted by Crippen LogP contribution is 2.27. The summed E-state index contributed by atoms with van der Waals surface area (Å²) in [5, 5.41) is 14.1. The van der Waals surface area contributed by atoms with Crippen LogP contribution in [0.4, 0.5) is 5.82 Å². The molecule has 8 heteroatoms. The van der Waals surface area contributed by atoms with E-state index < -0.39 is 0 Å². The highest BCUT2D eigenvalue weighted by molar-refractivity contribution is 5.92. The van der Waals surface area contributed by atoms with E-state index in [1.165, 1.54) is 0 Å². The van der Waals surface area contributed by atoms with Gasteiger partial charge in [-0.2, -0.15) is 0 Å². The lowest BCUT2D eigenvalue weighted by atomic mass is 10.1. The van der Waals surface area contributed by atoms with Crippen molar-refractivity contribution in [2.45, 2.75) is 25.4 Å². The van der Waals surface area contributed by atoms with Crippen molar-refractivity contribution < 1.29 is 19.0 Å². The maximum Gasteiger partial charge on any atom is 0.271 e. The first kappa shape index (κ1) is 19.9. The SMILES string of the molecule is COc1ccc(CCNc2ccc(C(=O)NCC3CCCO3)nn2)cc1OC. The third-order valence-corrected chi connectivity index (χ3v) is 4.58. The van der Waals surface area contributed by atoms with Gasteiger partial charge in [0.15, 0.2) is 17.2 Å². The number of nitrogens with zero attached hydrogens (tertiary/aromatic N) is 2. The van der Waals surface area contributed by atoms with E-state index in [1.807, 2.05) is 18.2 Å². The van der Waals surface area contributed by atoms with Crippen LogP contribution in [0.15, 0.2) is 30.3 Å². The third-order valence-electron chi connectivity index (χ3n) is 4.58. The summed E-state index contributed by atoms with van der Waals surface area (Å²) in [4.78, 5) is 12.1. The van der Waals surface area contributed by atoms with Crippen LogP contribution >= 0.6 is 0 Å². The molecule has 0 bridgehead atoms. The second kappa shape index (κ2) is 9.89. The highest BCUT2D eigenvalue weighted by Gasteiger charge is 2.17. The van der Waals surface area contributed by atoms with Crippen LogP contribution in [0.3, 0.4) is 0 Å². The Kier molecular flexibility index (Phi) is 7.02. The fourth-order valence-electron chi connectivity index (χ4n) is 3.02. The van der Waals surface area contributed by atoms with Crippen LogP contribution in [-0.2, 0) is 11.2 Å². The molecule has 28 heavy (non-hydrogen) atoms. The van der Waals surface area contributed by atoms with Gasteiger partial charge in [-0.1, -0.05) is 6.07 Å². The van der Waals surface area contributed by atoms with E-state index in [0.717, 1.165) is 31.4 Å². The number of hydrogen-bond acceptors (Lipinski definition) is 7. The Morgan fingerprint density at radius 3 is 2.71 bits per heavy atom. The van der Waals surface area contributed by atoms with Gasteiger partial charge in [-0.3, -0.25) is 4.79 Å². The Bertz CT molecular complexity index is 776. The van der Waals surface area contributed by atoms with Crippen molar-refractivity contribution >= 4 is 11.7 Å². The van der Waals surface area contributed by atoms with Gasteiger partial charge in [0.05, 0.1) is 20.3 Å². The largest absolute Gasteiger partial charge is 0.493 e. The molecule has 0 spiro atoms. The summed E-state index contributed by atoms with van der Waals surface area (Å²) in [5.74, 6) is 1.80. The number of amides is 1. The van der Waals surface area contributed by atoms with Crippen LogP contribution in [0.1, 0.15) is 28.9 Å². The number of hydrogen-bond donors (Lipinski definition) is 2. The second-order valence-electron chi connectivity index (χ2n) is 6.51. The van der Waals surface area contributed by atoms with Crippen molar-refractivity contribution in [2.24, 2.45) is 0 Å². The number of aromatic nitrogens is 2. The molecule has 1 aromatic heterocycles. The number of carbonyl (C=O) groups is 1. The predicted octanol–water partition coefficient (Wildman–Crippen LogP) is 2.06. The Balaban J connectivity index is 1.45. The van der Waals surface area contributed by atoms with Crippen LogP contribution < -0.4 is 20.1 Å². The van der Waals surface area contributed by atoms with Gasteiger partial charge in [-0.05, 0) is 49.1 Å². The third kappa shape index (κ3) is 5.32. The summed E-state index contributed by atoms with van der Waals surface area (Å²) in [6.45, 7) is 1.95. The summed E-state index contributed by atoms with van der Waals surface area (Å²) in [6, 6.07) is 9.25. The van der Waals surface area contributed by atoms with E-state index in [2.05, 4.69) is 20.8 Å². The molecule has 1 unspecified atom stereocenters. The Morgan fingerprint density at radius 1 is 1.18 bits per heavy atom. The Morgan fingerprint density at radius 2 is 2.04 bits per heavy atom. The number of ether oxygens (including phenoxy) is 3. The first-order valence-electron chi connectivity index (χ1n) is 9.38. The first-order chi connectivity index (χ1) is 13.7. The molecule has 8 nitrogen and oxygen atoms in total. The number of benzene rings is 1. The number of nitrogens with one attached hydrogen (secondary N) is 2. The number of carbonyl (C=O) groups excluding carboxylic acids is 1. The Labute approximate surface area is 164 Å². The fourth-order valence-corrected chi connectivity index (χ4v) is 3.02. The minimum absolute atomic E-state index is 0.106. The van der Waals surface area contributed by atoms with Gasteiger partial charge in [0, 0.05) is 19.7 Å². The van der Waals surface area contributed by atoms with Gasteiger partial charge in [-0.15, -0.1) is 10.2 Å². The van der Waals surface area contributed by atoms with Gasteiger partial charge in [0.1, 0.15) is 5.82 Å². The van der Waals surface area contributed by atoms with Crippen LogP contribution in [0.5, 0.6) is 11.5 Å². The van der Waals surface area contributed by atoms with Gasteiger partial charge in [-0.25, -0.2) is 0 Å². The molecule has 1 saturated heterocycles. The molecule has 1 aliphatic rings. The standard InChI is InChI=1S/C20H26N4O4/c1-26-17-7-5-14(12-18(17)27-2)9-10-21-19-8-6-16(23-24-19)20(25)22-13-15-4-3-11-28-15/h5-8,12,15H,3-4,9-11,13H2,1-2H3,(H,21,24)(H,22,25). The quantitative estimate of drug-likeness (QED) is 0.681. The predicted molar refractivity (Wildman–Crippen MR) is 105 cm³/mol. The lowest BCUT2D eigenvalue weighted by Gasteiger charge is -2.11. The maximum absolute atomic E-state index is 12.1. The van der Waals surface area contributed by atoms with Crippen LogP contribution in [0.25, 0.3) is 0 Å². The van der Waals surface area contributed by atoms with Gasteiger partial charge in [0.25, 0.3) is 5.91 Å². The molecule has 0 aliphatic carbocycles. The molecule has 1 aromatic carbocycles. The fraction of sp³-hybridized carbons (Fsp3) is 0.450. The molecule has 150 valence electrons. The summed E-state index contributed by atoms with van der Waals surface area (Å²) < 4.78 is 16.0. The van der Waals surface area contributed by atoms with E-state index >= 15 is 0 Å². The lowest BCUT2D eigenvalue weighted by Crippen LogP contribution is -2.32. The molecule has 2 aromatic rings. The van der Waals surface area contributed by atoms with E-state index in [-0.39, 0.29) is 12.0 Å². The van der Waals surface area contributed by atoms with Crippen molar-refractivity contribution in [3.8, 4) is 11.5 Å². The average Bonchev–Trinajstić information content (AvgIpc) is 3.26. The van der Waals surface area contributed by atoms with Crippen LogP contribution in [0, 0.1) is 0 Å². The van der Waals surface area contributed by atoms with E-state index in [4.69, 9.17) is 14.2 Å². The molecule has 2 heterocycles. The zero-order chi connectivity index (χ0) is 19.8. The number of rotatable bonds is 9. The van der Waals surface area contributed by atoms with Gasteiger partial charge >= 0.3 is 0 Å². The molecule has 1 amide bonds. The normalized spacial score (nSPS) is 15.9. The van der Waals surface area contributed by atoms with E-state index in [0.29, 0.717) is 36.1 Å². The molecule has 0 radical (unpaired) electrons. The van der Waals surface area contributed by atoms with Crippen molar-refractivity contribution in [1.82, 2.24) is 15.5 Å². The topological polar surface area (TPSA) is 94.6 Å². The molecule has 1 fully saturated rings. The summed E-state index contributed by atoms with van der Waals surface area (Å²) in [6.07, 6.45) is 2.92. The molecular weight excluding hydrogens is 360 g/mol. The van der Waals surface area contributed by atoms with Crippen LogP contribution in [-0.4, -0.2) is 56.1 Å². The van der Waals surface area contributed by atoms with Gasteiger partial charge in [0.2, 0.25) is 0 Å². The minimum Gasteiger partial charge on any atom is -0.493 e. The lowest BCUT2D eigenvalue weighted by molar-refractivity contribution is 0.0853. The molecule has 0 saturated carbocycles. The number of methoxy groups -OCH3 is 2. The smallest absolute Gasteiger partial charge is 0.271 e. The number of anilines is 1. The van der Waals surface area contributed by atoms with E-state index in [1.54, 1.807) is 26.4 Å². The van der Waals surface area contributed by atoms with Crippen LogP contribution in [0.2, 0.25) is 0 Å². The Hall–Kier alpha value is -2.87. The van der Waals surface area contributed by atoms with Crippen molar-refractivity contribution in [1.29, 1.82) is 0 Å².